The molecule has 0 spiro atoms. The maximum atomic E-state index is 12.7. The van der Waals surface area contributed by atoms with Gasteiger partial charge in [0.25, 0.3) is 0 Å². The van der Waals surface area contributed by atoms with E-state index < -0.39 is 12.2 Å². The summed E-state index contributed by atoms with van der Waals surface area (Å²) in [5.41, 5.74) is 6.90. The van der Waals surface area contributed by atoms with Gasteiger partial charge >= 0.3 is 6.09 Å². The summed E-state index contributed by atoms with van der Waals surface area (Å²) < 4.78 is 7.12. The number of hydrogen-bond acceptors (Lipinski definition) is 8. The predicted molar refractivity (Wildman–Crippen MR) is 176 cm³/mol. The lowest BCUT2D eigenvalue weighted by Gasteiger charge is -2.37. The van der Waals surface area contributed by atoms with Gasteiger partial charge in [-0.1, -0.05) is 41.9 Å². The summed E-state index contributed by atoms with van der Waals surface area (Å²) in [6.07, 6.45) is -0.531. The number of rotatable bonds is 9. The number of aromatic nitrogens is 2. The van der Waals surface area contributed by atoms with Crippen LogP contribution < -0.4 is 15.0 Å². The molecule has 3 heterocycles. The number of halogens is 1. The number of aliphatic hydroxyl groups excluding tert-OH is 1. The Hall–Kier alpha value is -4.09. The van der Waals surface area contributed by atoms with E-state index in [9.17, 15) is 9.90 Å². The fourth-order valence-electron chi connectivity index (χ4n) is 6.11. The summed E-state index contributed by atoms with van der Waals surface area (Å²) in [5.74, 6) is 0.704. The van der Waals surface area contributed by atoms with Crippen molar-refractivity contribution in [1.29, 1.82) is 0 Å². The van der Waals surface area contributed by atoms with Crippen LogP contribution in [-0.2, 0) is 24.3 Å². The molecule has 2 aliphatic rings. The first-order chi connectivity index (χ1) is 21.9. The molecule has 0 radical (unpaired) electrons. The average Bonchev–Trinajstić information content (AvgIpc) is 3.39. The number of benzene rings is 3. The maximum Gasteiger partial charge on any atom is 0.430 e. The van der Waals surface area contributed by atoms with E-state index in [1.54, 1.807) is 36.4 Å². The molecule has 11 heteroatoms. The second-order valence-electron chi connectivity index (χ2n) is 11.5. The first-order valence-electron chi connectivity index (χ1n) is 15.3. The van der Waals surface area contributed by atoms with Gasteiger partial charge in [-0.3, -0.25) is 14.9 Å². The van der Waals surface area contributed by atoms with Crippen molar-refractivity contribution in [1.82, 2.24) is 19.7 Å². The van der Waals surface area contributed by atoms with Crippen LogP contribution in [0.25, 0.3) is 11.3 Å². The molecule has 236 valence electrons. The number of carbonyl (C=O) groups is 1. The summed E-state index contributed by atoms with van der Waals surface area (Å²) in [7, 11) is 1.59. The number of aliphatic hydroxyl groups is 1. The Balaban J connectivity index is 1.11. The Kier molecular flexibility index (Phi) is 9.56. The minimum Gasteiger partial charge on any atom is -0.497 e. The van der Waals surface area contributed by atoms with Gasteiger partial charge < -0.3 is 19.6 Å². The zero-order valence-electron chi connectivity index (χ0n) is 25.7. The summed E-state index contributed by atoms with van der Waals surface area (Å²) >= 11 is 6.18. The third-order valence-electron chi connectivity index (χ3n) is 8.45. The van der Waals surface area contributed by atoms with Gasteiger partial charge in [0.05, 0.1) is 32.0 Å². The number of hydroxylamine groups is 2. The van der Waals surface area contributed by atoms with E-state index in [2.05, 4.69) is 46.3 Å². The molecule has 3 aromatic carbocycles. The summed E-state index contributed by atoms with van der Waals surface area (Å²) in [5, 5.41) is 21.3. The van der Waals surface area contributed by atoms with Crippen LogP contribution in [0.4, 0.5) is 16.2 Å². The molecule has 0 saturated carbocycles. The van der Waals surface area contributed by atoms with E-state index in [4.69, 9.17) is 26.3 Å². The third kappa shape index (κ3) is 7.42. The summed E-state index contributed by atoms with van der Waals surface area (Å²) in [6, 6.07) is 23.1. The van der Waals surface area contributed by atoms with Gasteiger partial charge in [-0.15, -0.1) is 5.06 Å². The molecule has 0 bridgehead atoms. The fourth-order valence-corrected chi connectivity index (χ4v) is 6.24. The van der Waals surface area contributed by atoms with Crippen molar-refractivity contribution in [2.75, 3.05) is 56.6 Å². The van der Waals surface area contributed by atoms with E-state index in [-0.39, 0.29) is 0 Å². The molecule has 1 fully saturated rings. The number of amides is 1. The molecule has 0 aliphatic carbocycles. The van der Waals surface area contributed by atoms with Crippen LogP contribution in [0.3, 0.4) is 0 Å². The Morgan fingerprint density at radius 3 is 2.42 bits per heavy atom. The highest BCUT2D eigenvalue weighted by molar-refractivity contribution is 6.30. The highest BCUT2D eigenvalue weighted by Gasteiger charge is 2.29. The van der Waals surface area contributed by atoms with Crippen LogP contribution in [-0.4, -0.2) is 83.4 Å². The second kappa shape index (κ2) is 13.9. The topological polar surface area (TPSA) is 95.3 Å². The Morgan fingerprint density at radius 2 is 1.71 bits per heavy atom. The van der Waals surface area contributed by atoms with Gasteiger partial charge in [-0.2, -0.15) is 5.10 Å². The highest BCUT2D eigenvalue weighted by atomic mass is 35.5. The quantitative estimate of drug-likeness (QED) is 0.260. The van der Waals surface area contributed by atoms with Crippen LogP contribution in [0.5, 0.6) is 5.75 Å². The molecule has 1 unspecified atom stereocenters. The number of piperazine rings is 1. The molecule has 4 aromatic rings. The van der Waals surface area contributed by atoms with Crippen molar-refractivity contribution >= 4 is 29.1 Å². The number of aryl methyl sites for hydroxylation is 1. The standard InChI is InChI=1S/C34H39ClN6O4/c1-24-5-3-4-6-31(24)39-19-17-38(18-20-39)21-28(42)22-41-32-15-16-40(45-34(43)36-27-11-13-29(44-2)14-12-27)23-30(32)33(37-41)25-7-9-26(35)10-8-25/h3-14,28,42H,15-23H2,1-2H3,(H,36,43). The third-order valence-corrected chi connectivity index (χ3v) is 8.70. The van der Waals surface area contributed by atoms with Crippen molar-refractivity contribution in [3.63, 3.8) is 0 Å². The predicted octanol–water partition coefficient (Wildman–Crippen LogP) is 5.23. The van der Waals surface area contributed by atoms with Crippen molar-refractivity contribution in [2.24, 2.45) is 0 Å². The molecule has 10 nitrogen and oxygen atoms in total. The van der Waals surface area contributed by atoms with Gasteiger partial charge in [0.15, 0.2) is 0 Å². The van der Waals surface area contributed by atoms with Crippen molar-refractivity contribution in [3.05, 3.63) is 94.6 Å². The molecule has 1 atom stereocenters. The Bertz CT molecular complexity index is 1600. The minimum absolute atomic E-state index is 0.375. The number of fused-ring (bicyclic) bond motifs is 1. The molecule has 1 saturated heterocycles. The number of para-hydroxylation sites is 1. The average molecular weight is 631 g/mol. The smallest absolute Gasteiger partial charge is 0.430 e. The van der Waals surface area contributed by atoms with E-state index in [1.807, 2.05) is 28.9 Å². The van der Waals surface area contributed by atoms with Crippen LogP contribution in [0.15, 0.2) is 72.8 Å². The molecular formula is C34H39ClN6O4. The van der Waals surface area contributed by atoms with Crippen LogP contribution in [0.1, 0.15) is 16.8 Å². The maximum absolute atomic E-state index is 12.7. The van der Waals surface area contributed by atoms with Gasteiger partial charge in [-0.25, -0.2) is 4.79 Å². The van der Waals surface area contributed by atoms with E-state index in [0.29, 0.717) is 49.1 Å². The molecule has 2 N–H and O–H groups in total. The van der Waals surface area contributed by atoms with E-state index in [1.165, 1.54) is 11.3 Å². The Labute approximate surface area is 268 Å². The van der Waals surface area contributed by atoms with Crippen LogP contribution in [0, 0.1) is 6.92 Å². The lowest BCUT2D eigenvalue weighted by Crippen LogP contribution is -2.49. The molecule has 1 amide bonds. The number of methoxy groups -OCH3 is 1. The SMILES string of the molecule is COc1ccc(NC(=O)ON2CCc3c(c(-c4ccc(Cl)cc4)nn3CC(O)CN3CCN(c4ccccc4C)CC3)C2)cc1. The number of carbonyl (C=O) groups excluding carboxylic acids is 1. The number of nitrogens with one attached hydrogen (secondary N) is 1. The molecular weight excluding hydrogens is 592 g/mol. The van der Waals surface area contributed by atoms with Gasteiger partial charge in [-0.05, 0) is 55.0 Å². The van der Waals surface area contributed by atoms with E-state index in [0.717, 1.165) is 48.7 Å². The largest absolute Gasteiger partial charge is 0.497 e. The number of nitrogens with zero attached hydrogens (tertiary/aromatic N) is 5. The second-order valence-corrected chi connectivity index (χ2v) is 12.0. The van der Waals surface area contributed by atoms with Gasteiger partial charge in [0.1, 0.15) is 5.75 Å². The molecule has 6 rings (SSSR count). The number of β-amino-alcohol motifs (C(OH)–C–C–N with tert-alkyl or cyclic N) is 1. The first kappa shape index (κ1) is 30.9. The van der Waals surface area contributed by atoms with Crippen LogP contribution >= 0.6 is 11.6 Å². The number of ether oxygens (including phenoxy) is 1. The summed E-state index contributed by atoms with van der Waals surface area (Å²) in [6.45, 7) is 7.63. The van der Waals surface area contributed by atoms with Gasteiger partial charge in [0, 0.05) is 78.9 Å². The normalized spacial score (nSPS) is 16.2. The molecule has 45 heavy (non-hydrogen) atoms. The monoisotopic (exact) mass is 630 g/mol. The van der Waals surface area contributed by atoms with Crippen LogP contribution in [0.2, 0.25) is 5.02 Å². The van der Waals surface area contributed by atoms with E-state index >= 15 is 0 Å². The lowest BCUT2D eigenvalue weighted by atomic mass is 10.0. The van der Waals surface area contributed by atoms with Crippen molar-refractivity contribution in [3.8, 4) is 17.0 Å². The zero-order chi connectivity index (χ0) is 31.3. The summed E-state index contributed by atoms with van der Waals surface area (Å²) in [4.78, 5) is 23.2. The number of anilines is 2. The molecule has 2 aliphatic heterocycles. The fraction of sp³-hybridized carbons (Fsp3) is 0.353. The lowest BCUT2D eigenvalue weighted by molar-refractivity contribution is -0.105. The Morgan fingerprint density at radius 1 is 0.978 bits per heavy atom. The molecule has 1 aromatic heterocycles. The van der Waals surface area contributed by atoms with Crippen molar-refractivity contribution < 1.29 is 19.5 Å². The minimum atomic E-state index is -0.582. The zero-order valence-corrected chi connectivity index (χ0v) is 26.4. The first-order valence-corrected chi connectivity index (χ1v) is 15.7. The number of hydrogen-bond donors (Lipinski definition) is 2. The van der Waals surface area contributed by atoms with Crippen molar-refractivity contribution in [2.45, 2.75) is 32.5 Å². The highest BCUT2D eigenvalue weighted by Crippen LogP contribution is 2.31. The van der Waals surface area contributed by atoms with Gasteiger partial charge in [0.2, 0.25) is 0 Å².